The fourth-order valence-electron chi connectivity index (χ4n) is 6.24. The molecule has 0 saturated heterocycles. The Kier molecular flexibility index (Phi) is 34.5. The van der Waals surface area contributed by atoms with Gasteiger partial charge < -0.3 is 15.3 Å². The molecular formula is C41H78O5. The van der Waals surface area contributed by atoms with Gasteiger partial charge in [0.1, 0.15) is 18.3 Å². The van der Waals surface area contributed by atoms with E-state index in [-0.39, 0.29) is 12.8 Å². The van der Waals surface area contributed by atoms with E-state index in [9.17, 15) is 24.9 Å². The number of carbonyl (C=O) groups excluding carboxylic acids is 2. The fourth-order valence-corrected chi connectivity index (χ4v) is 6.24. The maximum absolute atomic E-state index is 12.3. The van der Waals surface area contributed by atoms with Crippen LogP contribution < -0.4 is 0 Å². The first-order valence-electron chi connectivity index (χ1n) is 20.2. The van der Waals surface area contributed by atoms with Gasteiger partial charge in [0.25, 0.3) is 0 Å². The van der Waals surface area contributed by atoms with E-state index < -0.39 is 29.9 Å². The summed E-state index contributed by atoms with van der Waals surface area (Å²) in [7, 11) is 0. The van der Waals surface area contributed by atoms with E-state index in [1.165, 1.54) is 135 Å². The number of Topliss-reactive ketones (excluding diaryl/α,β-unsaturated/α-hetero) is 2. The second-order valence-electron chi connectivity index (χ2n) is 14.1. The molecule has 0 aliphatic rings. The SMILES string of the molecule is CCCCCCCCC=CCCCCCCCC(=O)C(O)C(O)C(O)C(=O)CCCCCCCCCCCCCCCCCCC. The molecule has 5 nitrogen and oxygen atoms in total. The third-order valence-corrected chi connectivity index (χ3v) is 9.52. The zero-order chi connectivity index (χ0) is 33.9. The lowest BCUT2D eigenvalue weighted by atomic mass is 9.95. The van der Waals surface area contributed by atoms with Crippen molar-refractivity contribution in [1.82, 2.24) is 0 Å². The van der Waals surface area contributed by atoms with E-state index in [2.05, 4.69) is 26.0 Å². The topological polar surface area (TPSA) is 94.8 Å². The Hall–Kier alpha value is -1.04. The van der Waals surface area contributed by atoms with Crippen LogP contribution in [0, 0.1) is 0 Å². The quantitative estimate of drug-likeness (QED) is 0.0459. The zero-order valence-corrected chi connectivity index (χ0v) is 30.7. The van der Waals surface area contributed by atoms with Gasteiger partial charge >= 0.3 is 0 Å². The van der Waals surface area contributed by atoms with Crippen molar-refractivity contribution < 1.29 is 24.9 Å². The summed E-state index contributed by atoms with van der Waals surface area (Å²) in [5, 5.41) is 30.7. The van der Waals surface area contributed by atoms with Crippen molar-refractivity contribution in [2.75, 3.05) is 0 Å². The van der Waals surface area contributed by atoms with E-state index in [1.54, 1.807) is 0 Å². The van der Waals surface area contributed by atoms with Crippen LogP contribution in [0.2, 0.25) is 0 Å². The minimum Gasteiger partial charge on any atom is -0.387 e. The van der Waals surface area contributed by atoms with Crippen molar-refractivity contribution in [3.8, 4) is 0 Å². The number of hydrogen-bond donors (Lipinski definition) is 3. The van der Waals surface area contributed by atoms with Gasteiger partial charge in [0.2, 0.25) is 0 Å². The monoisotopic (exact) mass is 651 g/mol. The van der Waals surface area contributed by atoms with Gasteiger partial charge in [-0.25, -0.2) is 0 Å². The molecule has 0 radical (unpaired) electrons. The highest BCUT2D eigenvalue weighted by molar-refractivity contribution is 5.87. The van der Waals surface area contributed by atoms with E-state index in [4.69, 9.17) is 0 Å². The lowest BCUT2D eigenvalue weighted by Gasteiger charge is -2.21. The molecule has 0 bridgehead atoms. The summed E-state index contributed by atoms with van der Waals surface area (Å²) in [6.45, 7) is 4.52. The maximum atomic E-state index is 12.3. The highest BCUT2D eigenvalue weighted by atomic mass is 16.4. The van der Waals surface area contributed by atoms with Gasteiger partial charge in [-0.05, 0) is 38.5 Å². The Morgan fingerprint density at radius 2 is 0.630 bits per heavy atom. The first-order chi connectivity index (χ1) is 22.5. The van der Waals surface area contributed by atoms with Crippen LogP contribution in [-0.2, 0) is 9.59 Å². The van der Waals surface area contributed by atoms with E-state index in [0.717, 1.165) is 44.9 Å². The normalized spacial score (nSPS) is 13.8. The lowest BCUT2D eigenvalue weighted by Crippen LogP contribution is -2.45. The van der Waals surface area contributed by atoms with E-state index in [0.29, 0.717) is 12.8 Å². The minimum absolute atomic E-state index is 0.163. The maximum Gasteiger partial charge on any atom is 0.164 e. The van der Waals surface area contributed by atoms with Gasteiger partial charge in [0.15, 0.2) is 11.6 Å². The summed E-state index contributed by atoms with van der Waals surface area (Å²) < 4.78 is 0. The molecule has 46 heavy (non-hydrogen) atoms. The second kappa shape index (κ2) is 35.3. The molecule has 0 aromatic rings. The van der Waals surface area contributed by atoms with Gasteiger partial charge in [-0.15, -0.1) is 0 Å². The second-order valence-corrected chi connectivity index (χ2v) is 14.1. The number of aliphatic hydroxyl groups is 3. The molecule has 3 unspecified atom stereocenters. The van der Waals surface area contributed by atoms with Crippen LogP contribution in [0.25, 0.3) is 0 Å². The van der Waals surface area contributed by atoms with Gasteiger partial charge in [-0.2, -0.15) is 0 Å². The van der Waals surface area contributed by atoms with Crippen molar-refractivity contribution in [3.05, 3.63) is 12.2 Å². The Morgan fingerprint density at radius 1 is 0.391 bits per heavy atom. The Morgan fingerprint density at radius 3 is 0.913 bits per heavy atom. The summed E-state index contributed by atoms with van der Waals surface area (Å²) in [6.07, 6.45) is 36.4. The predicted molar refractivity (Wildman–Crippen MR) is 196 cm³/mol. The van der Waals surface area contributed by atoms with Crippen LogP contribution in [-0.4, -0.2) is 45.2 Å². The van der Waals surface area contributed by atoms with Crippen LogP contribution in [0.1, 0.15) is 219 Å². The summed E-state index contributed by atoms with van der Waals surface area (Å²) in [4.78, 5) is 24.7. The Labute approximate surface area is 285 Å². The first-order valence-corrected chi connectivity index (χ1v) is 20.2. The molecule has 0 amide bonds. The predicted octanol–water partition coefficient (Wildman–Crippen LogP) is 11.3. The zero-order valence-electron chi connectivity index (χ0n) is 30.7. The lowest BCUT2D eigenvalue weighted by molar-refractivity contribution is -0.146. The van der Waals surface area contributed by atoms with Gasteiger partial charge in [0.05, 0.1) is 0 Å². The van der Waals surface area contributed by atoms with Gasteiger partial charge in [-0.3, -0.25) is 9.59 Å². The molecule has 0 aromatic heterocycles. The van der Waals surface area contributed by atoms with Gasteiger partial charge in [0, 0.05) is 12.8 Å². The molecule has 0 rings (SSSR count). The highest BCUT2D eigenvalue weighted by Crippen LogP contribution is 2.16. The van der Waals surface area contributed by atoms with Crippen LogP contribution in [0.5, 0.6) is 0 Å². The summed E-state index contributed by atoms with van der Waals surface area (Å²) in [5.74, 6) is -0.976. The Bertz CT molecular complexity index is 690. The molecule has 3 N–H and O–H groups in total. The fraction of sp³-hybridized carbons (Fsp3) is 0.902. The van der Waals surface area contributed by atoms with Crippen LogP contribution in [0.3, 0.4) is 0 Å². The summed E-state index contributed by atoms with van der Waals surface area (Å²) in [5.41, 5.74) is 0. The molecule has 0 aliphatic carbocycles. The molecular weight excluding hydrogens is 572 g/mol. The van der Waals surface area contributed by atoms with Crippen LogP contribution in [0.15, 0.2) is 12.2 Å². The molecule has 0 spiro atoms. The largest absolute Gasteiger partial charge is 0.387 e. The number of carbonyl (C=O) groups is 2. The molecule has 0 aromatic carbocycles. The standard InChI is InChI=1S/C41H78O5/c1-3-5-7-9-11-13-15-17-19-20-22-24-26-28-30-32-34-36-38(43)40(45)41(46)39(44)37(42)35-33-31-29-27-25-23-21-18-16-14-12-10-8-6-4-2/h18,21,39-41,44-46H,3-17,19-20,22-36H2,1-2H3. The van der Waals surface area contributed by atoms with Crippen molar-refractivity contribution in [2.45, 2.75) is 238 Å². The van der Waals surface area contributed by atoms with Crippen molar-refractivity contribution >= 4 is 11.6 Å². The average molecular weight is 651 g/mol. The molecule has 5 heteroatoms. The number of rotatable bonds is 37. The average Bonchev–Trinajstić information content (AvgIpc) is 3.06. The molecule has 0 aliphatic heterocycles. The van der Waals surface area contributed by atoms with Crippen molar-refractivity contribution in [2.24, 2.45) is 0 Å². The molecule has 272 valence electrons. The molecule has 0 saturated carbocycles. The van der Waals surface area contributed by atoms with Crippen LogP contribution >= 0.6 is 0 Å². The van der Waals surface area contributed by atoms with Crippen molar-refractivity contribution in [3.63, 3.8) is 0 Å². The van der Waals surface area contributed by atoms with Gasteiger partial charge in [-0.1, -0.05) is 180 Å². The third kappa shape index (κ3) is 29.1. The Balaban J connectivity index is 3.67. The molecule has 0 fully saturated rings. The van der Waals surface area contributed by atoms with E-state index >= 15 is 0 Å². The first kappa shape index (κ1) is 45.0. The number of allylic oxidation sites excluding steroid dienone is 2. The number of unbranched alkanes of at least 4 members (excludes halogenated alkanes) is 27. The van der Waals surface area contributed by atoms with E-state index in [1.807, 2.05) is 0 Å². The number of aliphatic hydroxyl groups excluding tert-OH is 3. The smallest absolute Gasteiger partial charge is 0.164 e. The number of ketones is 2. The summed E-state index contributed by atoms with van der Waals surface area (Å²) >= 11 is 0. The molecule has 3 atom stereocenters. The van der Waals surface area contributed by atoms with Crippen molar-refractivity contribution in [1.29, 1.82) is 0 Å². The summed E-state index contributed by atoms with van der Waals surface area (Å²) in [6, 6.07) is 0. The van der Waals surface area contributed by atoms with Crippen LogP contribution in [0.4, 0.5) is 0 Å². The third-order valence-electron chi connectivity index (χ3n) is 9.52. The highest BCUT2D eigenvalue weighted by Gasteiger charge is 2.33. The molecule has 0 heterocycles. The number of hydrogen-bond acceptors (Lipinski definition) is 5. The minimum atomic E-state index is -1.74.